The Bertz CT molecular complexity index is 751. The zero-order valence-corrected chi connectivity index (χ0v) is 14.7. The zero-order valence-electron chi connectivity index (χ0n) is 14.7. The Morgan fingerprint density at radius 3 is 2.56 bits per heavy atom. The van der Waals surface area contributed by atoms with Crippen LogP contribution in [0.5, 0.6) is 0 Å². The van der Waals surface area contributed by atoms with Crippen molar-refractivity contribution in [1.82, 2.24) is 9.97 Å². The molecule has 1 fully saturated rings. The monoisotopic (exact) mass is 336 g/mol. The first-order valence-corrected chi connectivity index (χ1v) is 9.21. The van der Waals surface area contributed by atoms with Crippen molar-refractivity contribution in [2.75, 3.05) is 29.4 Å². The molecule has 5 heteroatoms. The summed E-state index contributed by atoms with van der Waals surface area (Å²) < 4.78 is 0. The van der Waals surface area contributed by atoms with Crippen LogP contribution in [0.2, 0.25) is 0 Å². The molecule has 0 aliphatic carbocycles. The lowest BCUT2D eigenvalue weighted by Crippen LogP contribution is -2.42. The Morgan fingerprint density at radius 1 is 1.12 bits per heavy atom. The molecule has 2 aliphatic rings. The number of fused-ring (bicyclic) bond motifs is 1. The Labute approximate surface area is 148 Å². The molecular weight excluding hydrogens is 312 g/mol. The van der Waals surface area contributed by atoms with Gasteiger partial charge in [-0.05, 0) is 42.9 Å². The average Bonchev–Trinajstić information content (AvgIpc) is 3.12. The van der Waals surface area contributed by atoms with E-state index in [0.717, 1.165) is 62.5 Å². The molecule has 0 unspecified atom stereocenters. The summed E-state index contributed by atoms with van der Waals surface area (Å²) in [5, 5.41) is 0. The maximum Gasteiger partial charge on any atom is 0.230 e. The van der Waals surface area contributed by atoms with Crippen molar-refractivity contribution in [3.8, 4) is 0 Å². The van der Waals surface area contributed by atoms with E-state index >= 15 is 0 Å². The maximum absolute atomic E-state index is 13.0. The number of hydrogen-bond donors (Lipinski definition) is 0. The number of anilines is 2. The fourth-order valence-corrected chi connectivity index (χ4v) is 3.81. The number of nitrogens with zero attached hydrogens (tertiary/aromatic N) is 4. The van der Waals surface area contributed by atoms with Gasteiger partial charge in [0.05, 0.1) is 0 Å². The highest BCUT2D eigenvalue weighted by molar-refractivity contribution is 5.97. The SMILES string of the molecule is CCc1cnc(N2CCC(C(=O)N3CCc4ccccc43)CC2)nc1. The summed E-state index contributed by atoms with van der Waals surface area (Å²) in [6.07, 6.45) is 7.47. The van der Waals surface area contributed by atoms with Crippen molar-refractivity contribution >= 4 is 17.5 Å². The molecule has 4 rings (SSSR count). The van der Waals surface area contributed by atoms with Gasteiger partial charge in [-0.15, -0.1) is 0 Å². The number of aryl methyl sites for hydroxylation is 1. The highest BCUT2D eigenvalue weighted by Gasteiger charge is 2.32. The van der Waals surface area contributed by atoms with Gasteiger partial charge in [-0.2, -0.15) is 0 Å². The average molecular weight is 336 g/mol. The molecular formula is C20H24N4O. The highest BCUT2D eigenvalue weighted by Crippen LogP contribution is 2.31. The minimum atomic E-state index is 0.109. The summed E-state index contributed by atoms with van der Waals surface area (Å²) >= 11 is 0. The van der Waals surface area contributed by atoms with Gasteiger partial charge in [-0.3, -0.25) is 4.79 Å². The lowest BCUT2D eigenvalue weighted by molar-refractivity contribution is -0.122. The number of rotatable bonds is 3. The minimum absolute atomic E-state index is 0.109. The molecule has 1 aromatic carbocycles. The summed E-state index contributed by atoms with van der Waals surface area (Å²) in [6, 6.07) is 8.26. The molecule has 1 aromatic heterocycles. The summed E-state index contributed by atoms with van der Waals surface area (Å²) in [6.45, 7) is 4.61. The van der Waals surface area contributed by atoms with Gasteiger partial charge in [-0.1, -0.05) is 25.1 Å². The number of hydrogen-bond acceptors (Lipinski definition) is 4. The molecule has 3 heterocycles. The lowest BCUT2D eigenvalue weighted by atomic mass is 9.95. The van der Waals surface area contributed by atoms with Gasteiger partial charge in [0.2, 0.25) is 11.9 Å². The van der Waals surface area contributed by atoms with Crippen molar-refractivity contribution in [2.24, 2.45) is 5.92 Å². The highest BCUT2D eigenvalue weighted by atomic mass is 16.2. The van der Waals surface area contributed by atoms with Crippen LogP contribution in [0, 0.1) is 5.92 Å². The number of carbonyl (C=O) groups is 1. The molecule has 5 nitrogen and oxygen atoms in total. The molecule has 0 radical (unpaired) electrons. The fraction of sp³-hybridized carbons (Fsp3) is 0.450. The van der Waals surface area contributed by atoms with Crippen LogP contribution in [-0.4, -0.2) is 35.5 Å². The molecule has 0 saturated carbocycles. The number of carbonyl (C=O) groups excluding carboxylic acids is 1. The quantitative estimate of drug-likeness (QED) is 0.865. The second-order valence-electron chi connectivity index (χ2n) is 6.87. The second kappa shape index (κ2) is 6.82. The van der Waals surface area contributed by atoms with E-state index in [0.29, 0.717) is 0 Å². The molecule has 0 spiro atoms. The third kappa shape index (κ3) is 3.11. The van der Waals surface area contributed by atoms with E-state index in [1.165, 1.54) is 5.56 Å². The van der Waals surface area contributed by atoms with E-state index in [1.807, 2.05) is 23.4 Å². The third-order valence-corrected chi connectivity index (χ3v) is 5.38. The number of piperidine rings is 1. The minimum Gasteiger partial charge on any atom is -0.341 e. The van der Waals surface area contributed by atoms with Gasteiger partial charge >= 0.3 is 0 Å². The van der Waals surface area contributed by atoms with E-state index in [9.17, 15) is 4.79 Å². The third-order valence-electron chi connectivity index (χ3n) is 5.38. The summed E-state index contributed by atoms with van der Waals surface area (Å²) in [5.74, 6) is 1.18. The van der Waals surface area contributed by atoms with Crippen molar-refractivity contribution in [1.29, 1.82) is 0 Å². The molecule has 0 atom stereocenters. The molecule has 2 aliphatic heterocycles. The summed E-state index contributed by atoms with van der Waals surface area (Å²) in [5.41, 5.74) is 3.55. The molecule has 2 aromatic rings. The molecule has 0 N–H and O–H groups in total. The predicted molar refractivity (Wildman–Crippen MR) is 98.8 cm³/mol. The van der Waals surface area contributed by atoms with Crippen LogP contribution < -0.4 is 9.80 Å². The Hall–Kier alpha value is -2.43. The van der Waals surface area contributed by atoms with Gasteiger partial charge < -0.3 is 9.80 Å². The molecule has 130 valence electrons. The van der Waals surface area contributed by atoms with Crippen LogP contribution in [-0.2, 0) is 17.6 Å². The molecule has 0 bridgehead atoms. The van der Waals surface area contributed by atoms with Crippen LogP contribution in [0.15, 0.2) is 36.7 Å². The van der Waals surface area contributed by atoms with Crippen molar-refractivity contribution in [3.05, 3.63) is 47.8 Å². The van der Waals surface area contributed by atoms with Gasteiger partial charge in [-0.25, -0.2) is 9.97 Å². The predicted octanol–water partition coefficient (Wildman–Crippen LogP) is 2.84. The number of aromatic nitrogens is 2. The van der Waals surface area contributed by atoms with Crippen LogP contribution in [0.4, 0.5) is 11.6 Å². The lowest BCUT2D eigenvalue weighted by Gasteiger charge is -2.33. The van der Waals surface area contributed by atoms with Crippen molar-refractivity contribution in [2.45, 2.75) is 32.6 Å². The molecule has 1 saturated heterocycles. The number of amides is 1. The second-order valence-corrected chi connectivity index (χ2v) is 6.87. The van der Waals surface area contributed by atoms with Crippen LogP contribution in [0.1, 0.15) is 30.9 Å². The van der Waals surface area contributed by atoms with Crippen LogP contribution >= 0.6 is 0 Å². The zero-order chi connectivity index (χ0) is 17.2. The van der Waals surface area contributed by atoms with Crippen molar-refractivity contribution in [3.63, 3.8) is 0 Å². The summed E-state index contributed by atoms with van der Waals surface area (Å²) in [4.78, 5) is 26.1. The van der Waals surface area contributed by atoms with E-state index < -0.39 is 0 Å². The van der Waals surface area contributed by atoms with E-state index in [4.69, 9.17) is 0 Å². The first-order valence-electron chi connectivity index (χ1n) is 9.21. The van der Waals surface area contributed by atoms with E-state index in [1.54, 1.807) is 0 Å². The Morgan fingerprint density at radius 2 is 1.84 bits per heavy atom. The largest absolute Gasteiger partial charge is 0.341 e. The summed E-state index contributed by atoms with van der Waals surface area (Å²) in [7, 11) is 0. The van der Waals surface area contributed by atoms with Crippen LogP contribution in [0.3, 0.4) is 0 Å². The van der Waals surface area contributed by atoms with Gasteiger partial charge in [0.25, 0.3) is 0 Å². The van der Waals surface area contributed by atoms with Crippen molar-refractivity contribution < 1.29 is 4.79 Å². The van der Waals surface area contributed by atoms with Gasteiger partial charge in [0.15, 0.2) is 0 Å². The first kappa shape index (κ1) is 16.1. The Kier molecular flexibility index (Phi) is 4.38. The standard InChI is InChI=1S/C20H24N4O/c1-2-15-13-21-20(22-14-15)23-10-7-17(8-11-23)19(25)24-12-9-16-5-3-4-6-18(16)24/h3-6,13-14,17H,2,7-12H2,1H3. The maximum atomic E-state index is 13.0. The number of para-hydroxylation sites is 1. The van der Waals surface area contributed by atoms with Gasteiger partial charge in [0, 0.05) is 43.6 Å². The first-order chi connectivity index (χ1) is 12.3. The molecule has 25 heavy (non-hydrogen) atoms. The Balaban J connectivity index is 1.39. The van der Waals surface area contributed by atoms with Crippen LogP contribution in [0.25, 0.3) is 0 Å². The van der Waals surface area contributed by atoms with E-state index in [-0.39, 0.29) is 11.8 Å². The topological polar surface area (TPSA) is 49.3 Å². The normalized spacial score (nSPS) is 17.6. The fourth-order valence-electron chi connectivity index (χ4n) is 3.81. The van der Waals surface area contributed by atoms with Gasteiger partial charge in [0.1, 0.15) is 0 Å². The molecule has 1 amide bonds. The smallest absolute Gasteiger partial charge is 0.230 e. The number of benzene rings is 1. The van der Waals surface area contributed by atoms with E-state index in [2.05, 4.69) is 40.0 Å².